The van der Waals surface area contributed by atoms with Crippen molar-refractivity contribution in [2.45, 2.75) is 20.4 Å². The molecule has 1 aliphatic heterocycles. The Morgan fingerprint density at radius 3 is 2.57 bits per heavy atom. The molecule has 1 aliphatic carbocycles. The SMILES string of the molecule is CC1(C)C2C(=O)N(Cc3cc(/C=C/C(=O)O)cs3)C(=O)C21. The summed E-state index contributed by atoms with van der Waals surface area (Å²) in [5.74, 6) is -1.47. The van der Waals surface area contributed by atoms with E-state index >= 15 is 0 Å². The van der Waals surface area contributed by atoms with E-state index in [2.05, 4.69) is 0 Å². The minimum atomic E-state index is -1.00. The van der Waals surface area contributed by atoms with Crippen LogP contribution < -0.4 is 0 Å². The van der Waals surface area contributed by atoms with Crippen LogP contribution in [0.5, 0.6) is 0 Å². The lowest BCUT2D eigenvalue weighted by atomic mass is 10.1. The number of imide groups is 1. The molecule has 1 aromatic heterocycles. The van der Waals surface area contributed by atoms with Gasteiger partial charge in [0.25, 0.3) is 0 Å². The molecule has 3 rings (SSSR count). The first-order valence-electron chi connectivity index (χ1n) is 6.66. The Morgan fingerprint density at radius 2 is 2.00 bits per heavy atom. The number of hydrogen-bond donors (Lipinski definition) is 1. The van der Waals surface area contributed by atoms with Crippen LogP contribution in [0.2, 0.25) is 0 Å². The molecule has 1 aromatic rings. The molecule has 6 heteroatoms. The number of piperidine rings is 1. The Balaban J connectivity index is 1.70. The van der Waals surface area contributed by atoms with Crippen LogP contribution >= 0.6 is 11.3 Å². The summed E-state index contributed by atoms with van der Waals surface area (Å²) in [6.45, 7) is 4.19. The van der Waals surface area contributed by atoms with Gasteiger partial charge in [-0.25, -0.2) is 4.79 Å². The largest absolute Gasteiger partial charge is 0.478 e. The second-order valence-corrected chi connectivity index (χ2v) is 7.05. The van der Waals surface area contributed by atoms with Crippen molar-refractivity contribution in [3.8, 4) is 0 Å². The molecular weight excluding hydrogens is 290 g/mol. The predicted octanol–water partition coefficient (Wildman–Crippen LogP) is 1.99. The topological polar surface area (TPSA) is 74.7 Å². The first-order valence-corrected chi connectivity index (χ1v) is 7.54. The normalized spacial score (nSPS) is 26.5. The highest BCUT2D eigenvalue weighted by molar-refractivity contribution is 7.10. The minimum Gasteiger partial charge on any atom is -0.478 e. The molecule has 2 amide bonds. The third-order valence-electron chi connectivity index (χ3n) is 4.30. The standard InChI is InChI=1S/C15H15NO4S/c1-15(2)11-12(15)14(20)16(13(11)19)6-9-5-8(7-21-9)3-4-10(17)18/h3-5,7,11-12H,6H2,1-2H3,(H,17,18)/b4-3+. The van der Waals surface area contributed by atoms with Gasteiger partial charge in [0.05, 0.1) is 18.4 Å². The molecule has 1 saturated heterocycles. The highest BCUT2D eigenvalue weighted by Crippen LogP contribution is 2.63. The molecule has 1 saturated carbocycles. The molecule has 2 atom stereocenters. The van der Waals surface area contributed by atoms with E-state index < -0.39 is 5.97 Å². The van der Waals surface area contributed by atoms with Gasteiger partial charge in [0.15, 0.2) is 0 Å². The summed E-state index contributed by atoms with van der Waals surface area (Å²) in [5.41, 5.74) is 0.581. The van der Waals surface area contributed by atoms with Gasteiger partial charge in [0.1, 0.15) is 0 Å². The lowest BCUT2D eigenvalue weighted by Gasteiger charge is -2.19. The van der Waals surface area contributed by atoms with E-state index in [9.17, 15) is 14.4 Å². The molecule has 0 bridgehead atoms. The molecule has 21 heavy (non-hydrogen) atoms. The average Bonchev–Trinajstić information content (AvgIpc) is 2.73. The summed E-state index contributed by atoms with van der Waals surface area (Å²) in [7, 11) is 0. The van der Waals surface area contributed by atoms with Crippen molar-refractivity contribution in [2.75, 3.05) is 0 Å². The molecule has 0 aromatic carbocycles. The number of likely N-dealkylation sites (tertiary alicyclic amines) is 1. The van der Waals surface area contributed by atoms with Crippen LogP contribution in [0, 0.1) is 17.3 Å². The van der Waals surface area contributed by atoms with E-state index in [-0.39, 0.29) is 35.6 Å². The van der Waals surface area contributed by atoms with Crippen molar-refractivity contribution >= 4 is 35.2 Å². The van der Waals surface area contributed by atoms with Crippen molar-refractivity contribution in [2.24, 2.45) is 17.3 Å². The van der Waals surface area contributed by atoms with Crippen LogP contribution in [-0.2, 0) is 20.9 Å². The lowest BCUT2D eigenvalue weighted by molar-refractivity contribution is -0.143. The van der Waals surface area contributed by atoms with Crippen molar-refractivity contribution in [3.05, 3.63) is 28.0 Å². The monoisotopic (exact) mass is 305 g/mol. The molecule has 1 N–H and O–H groups in total. The van der Waals surface area contributed by atoms with Gasteiger partial charge in [-0.05, 0) is 28.5 Å². The number of carboxylic acids is 1. The Bertz CT molecular complexity index is 649. The third-order valence-corrected chi connectivity index (χ3v) is 5.24. The number of nitrogens with zero attached hydrogens (tertiary/aromatic N) is 1. The number of carbonyl (C=O) groups excluding carboxylic acids is 2. The number of carboxylic acid groups (broad SMARTS) is 1. The second-order valence-electron chi connectivity index (χ2n) is 6.06. The number of rotatable bonds is 4. The maximum absolute atomic E-state index is 12.2. The van der Waals surface area contributed by atoms with Crippen LogP contribution in [0.4, 0.5) is 0 Å². The van der Waals surface area contributed by atoms with Crippen LogP contribution in [0.1, 0.15) is 24.3 Å². The predicted molar refractivity (Wildman–Crippen MR) is 77.3 cm³/mol. The van der Waals surface area contributed by atoms with Gasteiger partial charge in [0, 0.05) is 11.0 Å². The van der Waals surface area contributed by atoms with Crippen LogP contribution in [0.3, 0.4) is 0 Å². The molecule has 110 valence electrons. The Morgan fingerprint density at radius 1 is 1.38 bits per heavy atom. The number of fused-ring (bicyclic) bond motifs is 1. The summed E-state index contributed by atoms with van der Waals surface area (Å²) in [5, 5.41) is 10.4. The van der Waals surface area contributed by atoms with Crippen molar-refractivity contribution in [1.82, 2.24) is 4.90 Å². The summed E-state index contributed by atoms with van der Waals surface area (Å²) in [6.07, 6.45) is 2.56. The van der Waals surface area contributed by atoms with Gasteiger partial charge in [-0.2, -0.15) is 0 Å². The summed E-state index contributed by atoms with van der Waals surface area (Å²) < 4.78 is 0. The van der Waals surface area contributed by atoms with Gasteiger partial charge in [0.2, 0.25) is 11.8 Å². The molecule has 2 fully saturated rings. The lowest BCUT2D eigenvalue weighted by Crippen LogP contribution is -2.35. The molecule has 0 radical (unpaired) electrons. The number of carbonyl (C=O) groups is 3. The summed E-state index contributed by atoms with van der Waals surface area (Å²) in [6, 6.07) is 1.81. The fourth-order valence-electron chi connectivity index (χ4n) is 3.05. The van der Waals surface area contributed by atoms with Crippen molar-refractivity contribution < 1.29 is 19.5 Å². The molecule has 2 unspecified atom stereocenters. The fraction of sp³-hybridized carbons (Fsp3) is 0.400. The number of amides is 2. The Labute approximate surface area is 125 Å². The molecule has 0 spiro atoms. The third kappa shape index (κ3) is 2.19. The minimum absolute atomic E-state index is 0.0778. The van der Waals surface area contributed by atoms with E-state index in [0.717, 1.165) is 16.5 Å². The zero-order valence-corrected chi connectivity index (χ0v) is 12.5. The van der Waals surface area contributed by atoms with E-state index in [1.807, 2.05) is 19.2 Å². The van der Waals surface area contributed by atoms with Crippen LogP contribution in [0.25, 0.3) is 6.08 Å². The first-order chi connectivity index (χ1) is 9.82. The maximum atomic E-state index is 12.2. The van der Waals surface area contributed by atoms with Crippen molar-refractivity contribution in [1.29, 1.82) is 0 Å². The van der Waals surface area contributed by atoms with E-state index in [1.165, 1.54) is 22.3 Å². The highest BCUT2D eigenvalue weighted by Gasteiger charge is 2.72. The van der Waals surface area contributed by atoms with Gasteiger partial charge < -0.3 is 5.11 Å². The smallest absolute Gasteiger partial charge is 0.328 e. The highest BCUT2D eigenvalue weighted by atomic mass is 32.1. The molecule has 2 heterocycles. The van der Waals surface area contributed by atoms with Crippen molar-refractivity contribution in [3.63, 3.8) is 0 Å². The summed E-state index contributed by atoms with van der Waals surface area (Å²) in [4.78, 5) is 37.1. The summed E-state index contributed by atoms with van der Waals surface area (Å²) >= 11 is 1.42. The molecular formula is C15H15NO4S. The molecule has 2 aliphatic rings. The van der Waals surface area contributed by atoms with Gasteiger partial charge >= 0.3 is 5.97 Å². The van der Waals surface area contributed by atoms with E-state index in [4.69, 9.17) is 5.11 Å². The van der Waals surface area contributed by atoms with Gasteiger partial charge in [-0.1, -0.05) is 13.8 Å². The van der Waals surface area contributed by atoms with Gasteiger partial charge in [-0.15, -0.1) is 11.3 Å². The molecule has 5 nitrogen and oxygen atoms in total. The Kier molecular flexibility index (Phi) is 3.02. The maximum Gasteiger partial charge on any atom is 0.328 e. The number of thiophene rings is 1. The van der Waals surface area contributed by atoms with E-state index in [0.29, 0.717) is 0 Å². The van der Waals surface area contributed by atoms with Crippen LogP contribution in [0.15, 0.2) is 17.5 Å². The zero-order chi connectivity index (χ0) is 15.4. The fourth-order valence-corrected chi connectivity index (χ4v) is 3.89. The zero-order valence-electron chi connectivity index (χ0n) is 11.7. The van der Waals surface area contributed by atoms with Crippen LogP contribution in [-0.4, -0.2) is 27.8 Å². The number of aliphatic carboxylic acids is 1. The Hall–Kier alpha value is -1.95. The van der Waals surface area contributed by atoms with Gasteiger partial charge in [-0.3, -0.25) is 14.5 Å². The second kappa shape index (κ2) is 4.53. The van der Waals surface area contributed by atoms with E-state index in [1.54, 1.807) is 6.07 Å². The average molecular weight is 305 g/mol. The first kappa shape index (κ1) is 14.0. The quantitative estimate of drug-likeness (QED) is 0.682. The number of hydrogen-bond acceptors (Lipinski definition) is 4.